The van der Waals surface area contributed by atoms with E-state index in [9.17, 15) is 13.2 Å². The van der Waals surface area contributed by atoms with Crippen LogP contribution < -0.4 is 0 Å². The zero-order valence-electron chi connectivity index (χ0n) is 9.96. The van der Waals surface area contributed by atoms with E-state index in [1.54, 1.807) is 6.92 Å². The van der Waals surface area contributed by atoms with E-state index in [-0.39, 0.29) is 24.9 Å². The van der Waals surface area contributed by atoms with Crippen molar-refractivity contribution in [3.05, 3.63) is 0 Å². The minimum absolute atomic E-state index is 0.00648. The summed E-state index contributed by atoms with van der Waals surface area (Å²) in [6.45, 7) is 2.76. The maximum atomic E-state index is 11.6. The lowest BCUT2D eigenvalue weighted by molar-refractivity contribution is -0.138. The standard InChI is InChI=1S/C10H19NO5S/c1-2-17(14,15)11-6-3-9(4-7-11)16-8-5-10(12)13/h9H,2-8H2,1H3,(H,12,13). The Bertz CT molecular complexity index is 346. The number of carboxylic acids is 1. The van der Waals surface area contributed by atoms with Crippen molar-refractivity contribution in [2.75, 3.05) is 25.4 Å². The fraction of sp³-hybridized carbons (Fsp3) is 0.900. The fourth-order valence-electron chi connectivity index (χ4n) is 1.77. The number of piperidine rings is 1. The van der Waals surface area contributed by atoms with Crippen molar-refractivity contribution in [1.29, 1.82) is 0 Å². The highest BCUT2D eigenvalue weighted by Gasteiger charge is 2.26. The van der Waals surface area contributed by atoms with Crippen molar-refractivity contribution in [2.45, 2.75) is 32.3 Å². The summed E-state index contributed by atoms with van der Waals surface area (Å²) in [6.07, 6.45) is 1.25. The molecule has 17 heavy (non-hydrogen) atoms. The fourth-order valence-corrected chi connectivity index (χ4v) is 2.90. The molecule has 1 aliphatic rings. The molecule has 1 N–H and O–H groups in total. The average Bonchev–Trinajstić information content (AvgIpc) is 2.29. The van der Waals surface area contributed by atoms with Gasteiger partial charge in [-0.25, -0.2) is 12.7 Å². The van der Waals surface area contributed by atoms with Crippen molar-refractivity contribution >= 4 is 16.0 Å². The summed E-state index contributed by atoms with van der Waals surface area (Å²) >= 11 is 0. The molecular weight excluding hydrogens is 246 g/mol. The Labute approximate surface area is 102 Å². The van der Waals surface area contributed by atoms with Crippen LogP contribution in [0.25, 0.3) is 0 Å². The second-order valence-electron chi connectivity index (χ2n) is 4.01. The maximum Gasteiger partial charge on any atom is 0.305 e. The molecule has 0 saturated carbocycles. The van der Waals surface area contributed by atoms with Crippen molar-refractivity contribution in [2.24, 2.45) is 0 Å². The van der Waals surface area contributed by atoms with Gasteiger partial charge in [-0.15, -0.1) is 0 Å². The molecule has 0 aromatic heterocycles. The van der Waals surface area contributed by atoms with E-state index in [0.717, 1.165) is 0 Å². The quantitative estimate of drug-likeness (QED) is 0.746. The van der Waals surface area contributed by atoms with E-state index >= 15 is 0 Å². The minimum Gasteiger partial charge on any atom is -0.481 e. The second kappa shape index (κ2) is 6.32. The number of hydrogen-bond donors (Lipinski definition) is 1. The Kier molecular flexibility index (Phi) is 5.35. The first-order chi connectivity index (χ1) is 7.95. The molecule has 1 heterocycles. The van der Waals surface area contributed by atoms with Crippen LogP contribution in [0.15, 0.2) is 0 Å². The molecule has 0 aromatic rings. The first-order valence-corrected chi connectivity index (χ1v) is 7.38. The summed E-state index contributed by atoms with van der Waals surface area (Å²) < 4.78 is 30.0. The highest BCUT2D eigenvalue weighted by molar-refractivity contribution is 7.89. The van der Waals surface area contributed by atoms with Crippen LogP contribution >= 0.6 is 0 Å². The lowest BCUT2D eigenvalue weighted by Crippen LogP contribution is -2.41. The Morgan fingerprint density at radius 3 is 2.47 bits per heavy atom. The molecule has 7 heteroatoms. The highest BCUT2D eigenvalue weighted by Crippen LogP contribution is 2.17. The number of hydrogen-bond acceptors (Lipinski definition) is 4. The maximum absolute atomic E-state index is 11.6. The molecular formula is C10H19NO5S. The number of ether oxygens (including phenoxy) is 1. The summed E-state index contributed by atoms with van der Waals surface area (Å²) in [4.78, 5) is 10.3. The number of carbonyl (C=O) groups is 1. The van der Waals surface area contributed by atoms with Gasteiger partial charge in [-0.05, 0) is 19.8 Å². The number of aliphatic carboxylic acids is 1. The Balaban J connectivity index is 2.29. The zero-order valence-corrected chi connectivity index (χ0v) is 10.8. The van der Waals surface area contributed by atoms with E-state index in [1.165, 1.54) is 4.31 Å². The van der Waals surface area contributed by atoms with E-state index in [0.29, 0.717) is 25.9 Å². The van der Waals surface area contributed by atoms with Crippen LogP contribution in [0.2, 0.25) is 0 Å². The van der Waals surface area contributed by atoms with Crippen LogP contribution in [-0.4, -0.2) is 55.4 Å². The van der Waals surface area contributed by atoms with Crippen molar-refractivity contribution < 1.29 is 23.1 Å². The summed E-state index contributed by atoms with van der Waals surface area (Å²) in [6, 6.07) is 0. The molecule has 0 atom stereocenters. The molecule has 1 saturated heterocycles. The van der Waals surface area contributed by atoms with Crippen LogP contribution in [0.1, 0.15) is 26.2 Å². The lowest BCUT2D eigenvalue weighted by Gasteiger charge is -2.30. The van der Waals surface area contributed by atoms with E-state index in [2.05, 4.69) is 0 Å². The summed E-state index contributed by atoms with van der Waals surface area (Å²) in [5.74, 6) is -0.756. The van der Waals surface area contributed by atoms with Gasteiger partial charge in [0.25, 0.3) is 0 Å². The minimum atomic E-state index is -3.09. The van der Waals surface area contributed by atoms with Gasteiger partial charge >= 0.3 is 5.97 Å². The van der Waals surface area contributed by atoms with Crippen molar-refractivity contribution in [1.82, 2.24) is 4.31 Å². The Morgan fingerprint density at radius 2 is 2.00 bits per heavy atom. The van der Waals surface area contributed by atoms with Gasteiger partial charge in [0.2, 0.25) is 10.0 Å². The van der Waals surface area contributed by atoms with Gasteiger partial charge in [0, 0.05) is 13.1 Å². The van der Waals surface area contributed by atoms with Crippen LogP contribution in [-0.2, 0) is 19.6 Å². The topological polar surface area (TPSA) is 83.9 Å². The molecule has 0 spiro atoms. The van der Waals surface area contributed by atoms with Gasteiger partial charge in [-0.3, -0.25) is 4.79 Å². The predicted molar refractivity (Wildman–Crippen MR) is 62.3 cm³/mol. The van der Waals surface area contributed by atoms with Gasteiger partial charge in [0.1, 0.15) is 0 Å². The molecule has 0 bridgehead atoms. The molecule has 1 aliphatic heterocycles. The second-order valence-corrected chi connectivity index (χ2v) is 6.27. The number of carboxylic acid groups (broad SMARTS) is 1. The number of nitrogens with zero attached hydrogens (tertiary/aromatic N) is 1. The van der Waals surface area contributed by atoms with Crippen molar-refractivity contribution in [3.63, 3.8) is 0 Å². The lowest BCUT2D eigenvalue weighted by atomic mass is 10.1. The molecule has 6 nitrogen and oxygen atoms in total. The molecule has 0 amide bonds. The average molecular weight is 265 g/mol. The van der Waals surface area contributed by atoms with Gasteiger partial charge in [-0.2, -0.15) is 0 Å². The third-order valence-electron chi connectivity index (χ3n) is 2.83. The third-order valence-corrected chi connectivity index (χ3v) is 4.71. The normalized spacial score (nSPS) is 19.4. The van der Waals surface area contributed by atoms with Crippen LogP contribution in [0.3, 0.4) is 0 Å². The molecule has 0 aliphatic carbocycles. The molecule has 0 radical (unpaired) electrons. The van der Waals surface area contributed by atoms with Crippen LogP contribution in [0.5, 0.6) is 0 Å². The van der Waals surface area contributed by atoms with E-state index in [4.69, 9.17) is 9.84 Å². The first-order valence-electron chi connectivity index (χ1n) is 5.77. The number of rotatable bonds is 6. The van der Waals surface area contributed by atoms with Crippen molar-refractivity contribution in [3.8, 4) is 0 Å². The van der Waals surface area contributed by atoms with Gasteiger partial charge in [-0.1, -0.05) is 0 Å². The smallest absolute Gasteiger partial charge is 0.305 e. The predicted octanol–water partition coefficient (Wildman–Crippen LogP) is 0.292. The SMILES string of the molecule is CCS(=O)(=O)N1CCC(OCCC(=O)O)CC1. The Hall–Kier alpha value is -0.660. The van der Waals surface area contributed by atoms with Gasteiger partial charge in [0.05, 0.1) is 24.9 Å². The third kappa shape index (κ3) is 4.61. The van der Waals surface area contributed by atoms with E-state index in [1.807, 2.05) is 0 Å². The summed E-state index contributed by atoms with van der Waals surface area (Å²) in [5, 5.41) is 8.46. The number of sulfonamides is 1. The zero-order chi connectivity index (χ0) is 12.9. The van der Waals surface area contributed by atoms with Gasteiger partial charge in [0.15, 0.2) is 0 Å². The molecule has 100 valence electrons. The first kappa shape index (κ1) is 14.4. The Morgan fingerprint density at radius 1 is 1.41 bits per heavy atom. The molecule has 0 unspecified atom stereocenters. The summed E-state index contributed by atoms with van der Waals surface area (Å²) in [5.41, 5.74) is 0. The van der Waals surface area contributed by atoms with Gasteiger partial charge < -0.3 is 9.84 Å². The highest BCUT2D eigenvalue weighted by atomic mass is 32.2. The molecule has 1 rings (SSSR count). The molecule has 1 fully saturated rings. The summed E-state index contributed by atoms with van der Waals surface area (Å²) in [7, 11) is -3.09. The monoisotopic (exact) mass is 265 g/mol. The van der Waals surface area contributed by atoms with Crippen LogP contribution in [0.4, 0.5) is 0 Å². The molecule has 0 aromatic carbocycles. The largest absolute Gasteiger partial charge is 0.481 e. The van der Waals surface area contributed by atoms with Crippen LogP contribution in [0, 0.1) is 0 Å². The van der Waals surface area contributed by atoms with E-state index < -0.39 is 16.0 Å².